The molecule has 9 nitrogen and oxygen atoms in total. The monoisotopic (exact) mass is 375 g/mol. The van der Waals surface area contributed by atoms with E-state index in [1.54, 1.807) is 6.92 Å². The van der Waals surface area contributed by atoms with Crippen LogP contribution in [0.25, 0.3) is 0 Å². The van der Waals surface area contributed by atoms with Gasteiger partial charge in [-0.05, 0) is 25.1 Å². The first-order valence-corrected chi connectivity index (χ1v) is 8.87. The van der Waals surface area contributed by atoms with E-state index in [1.807, 2.05) is 0 Å². The molecule has 0 atom stereocenters. The summed E-state index contributed by atoms with van der Waals surface area (Å²) < 4.78 is 25.3. The molecule has 0 bridgehead atoms. The number of hydrogen-bond donors (Lipinski definition) is 1. The third-order valence-electron chi connectivity index (χ3n) is 3.89. The number of benzene rings is 2. The number of carbonyl (C=O) groups is 2. The van der Waals surface area contributed by atoms with E-state index in [-0.39, 0.29) is 21.8 Å². The average molecular weight is 375 g/mol. The summed E-state index contributed by atoms with van der Waals surface area (Å²) in [5.74, 6) is -1.57. The molecule has 0 aliphatic carbocycles. The molecule has 26 heavy (non-hydrogen) atoms. The molecule has 10 heteroatoms. The van der Waals surface area contributed by atoms with Crippen LogP contribution >= 0.6 is 0 Å². The molecule has 0 unspecified atom stereocenters. The van der Waals surface area contributed by atoms with Gasteiger partial charge < -0.3 is 5.32 Å². The van der Waals surface area contributed by atoms with Crippen LogP contribution in [0.2, 0.25) is 0 Å². The van der Waals surface area contributed by atoms with Crippen LogP contribution in [0.3, 0.4) is 0 Å². The van der Waals surface area contributed by atoms with Gasteiger partial charge in [0.25, 0.3) is 21.6 Å². The van der Waals surface area contributed by atoms with Crippen molar-refractivity contribution in [2.24, 2.45) is 0 Å². The van der Waals surface area contributed by atoms with Gasteiger partial charge in [-0.3, -0.25) is 19.7 Å². The Morgan fingerprint density at radius 2 is 1.92 bits per heavy atom. The van der Waals surface area contributed by atoms with E-state index in [2.05, 4.69) is 5.32 Å². The molecule has 0 saturated heterocycles. The predicted molar refractivity (Wildman–Crippen MR) is 91.1 cm³/mol. The fourth-order valence-electron chi connectivity index (χ4n) is 2.60. The summed E-state index contributed by atoms with van der Waals surface area (Å²) >= 11 is 0. The smallest absolute Gasteiger partial charge is 0.274 e. The summed E-state index contributed by atoms with van der Waals surface area (Å²) in [4.78, 5) is 34.7. The fraction of sp³-hybridized carbons (Fsp3) is 0.125. The maximum absolute atomic E-state index is 12.4. The summed E-state index contributed by atoms with van der Waals surface area (Å²) in [7, 11) is -4.10. The third kappa shape index (κ3) is 2.90. The standard InChI is InChI=1S/C16H13N3O6S/c1-10-6-7-11(8-13(10)19(22)23)17-15(20)9-18-16(21)12-4-2-3-5-14(12)26(18,24)25/h2-8H,9H2,1H3,(H,17,20). The van der Waals surface area contributed by atoms with Crippen LogP contribution in [-0.4, -0.2) is 36.0 Å². The van der Waals surface area contributed by atoms with Crippen molar-refractivity contribution in [3.05, 3.63) is 63.7 Å². The topological polar surface area (TPSA) is 127 Å². The number of nitrogens with zero attached hydrogens (tertiary/aromatic N) is 2. The Labute approximate surface area is 148 Å². The Bertz CT molecular complexity index is 1050. The van der Waals surface area contributed by atoms with Gasteiger partial charge in [0, 0.05) is 17.3 Å². The third-order valence-corrected chi connectivity index (χ3v) is 5.68. The number of fused-ring (bicyclic) bond motifs is 1. The SMILES string of the molecule is Cc1ccc(NC(=O)CN2C(=O)c3ccccc3S2(=O)=O)cc1[N+](=O)[O-]. The fourth-order valence-corrected chi connectivity index (χ4v) is 4.13. The number of sulfonamides is 1. The second-order valence-electron chi connectivity index (χ2n) is 5.62. The van der Waals surface area contributed by atoms with E-state index >= 15 is 0 Å². The zero-order chi connectivity index (χ0) is 19.1. The normalized spacial score (nSPS) is 14.8. The number of rotatable bonds is 4. The van der Waals surface area contributed by atoms with Crippen LogP contribution in [0.15, 0.2) is 47.4 Å². The Morgan fingerprint density at radius 3 is 2.58 bits per heavy atom. The second kappa shape index (κ2) is 6.23. The zero-order valence-electron chi connectivity index (χ0n) is 13.5. The molecule has 0 fully saturated rings. The molecular weight excluding hydrogens is 362 g/mol. The molecule has 1 heterocycles. The summed E-state index contributed by atoms with van der Waals surface area (Å²) in [6, 6.07) is 9.76. The average Bonchev–Trinajstić information content (AvgIpc) is 2.78. The van der Waals surface area contributed by atoms with Crippen molar-refractivity contribution in [3.8, 4) is 0 Å². The van der Waals surface area contributed by atoms with Crippen molar-refractivity contribution in [2.45, 2.75) is 11.8 Å². The Kier molecular flexibility index (Phi) is 4.20. The lowest BCUT2D eigenvalue weighted by atomic mass is 10.2. The van der Waals surface area contributed by atoms with Crippen molar-refractivity contribution in [2.75, 3.05) is 11.9 Å². The first kappa shape index (κ1) is 17.5. The molecule has 0 radical (unpaired) electrons. The molecule has 2 aromatic carbocycles. The lowest BCUT2D eigenvalue weighted by Crippen LogP contribution is -2.37. The lowest BCUT2D eigenvalue weighted by Gasteiger charge is -2.14. The van der Waals surface area contributed by atoms with E-state index in [9.17, 15) is 28.1 Å². The molecular formula is C16H13N3O6S. The van der Waals surface area contributed by atoms with Crippen LogP contribution < -0.4 is 5.32 Å². The number of nitrogens with one attached hydrogen (secondary N) is 1. The van der Waals surface area contributed by atoms with Crippen molar-refractivity contribution in [1.29, 1.82) is 0 Å². The highest BCUT2D eigenvalue weighted by Gasteiger charge is 2.41. The minimum Gasteiger partial charge on any atom is -0.324 e. The predicted octanol–water partition coefficient (Wildman–Crippen LogP) is 1.69. The van der Waals surface area contributed by atoms with Gasteiger partial charge in [0.05, 0.1) is 10.5 Å². The first-order chi connectivity index (χ1) is 12.2. The number of carbonyl (C=O) groups excluding carboxylic acids is 2. The number of aryl methyl sites for hydroxylation is 1. The largest absolute Gasteiger partial charge is 0.324 e. The molecule has 0 spiro atoms. The van der Waals surface area contributed by atoms with E-state index in [4.69, 9.17) is 0 Å². The summed E-state index contributed by atoms with van der Waals surface area (Å²) in [6.07, 6.45) is 0. The van der Waals surface area contributed by atoms with Crippen LogP contribution in [0.5, 0.6) is 0 Å². The van der Waals surface area contributed by atoms with E-state index in [1.165, 1.54) is 42.5 Å². The highest BCUT2D eigenvalue weighted by Crippen LogP contribution is 2.29. The highest BCUT2D eigenvalue weighted by molar-refractivity contribution is 7.90. The van der Waals surface area contributed by atoms with Crippen molar-refractivity contribution >= 4 is 33.2 Å². The summed E-state index contributed by atoms with van der Waals surface area (Å²) in [5.41, 5.74) is 0.376. The van der Waals surface area contributed by atoms with E-state index < -0.39 is 33.3 Å². The van der Waals surface area contributed by atoms with Crippen molar-refractivity contribution < 1.29 is 22.9 Å². The second-order valence-corrected chi connectivity index (χ2v) is 7.45. The molecule has 2 amide bonds. The zero-order valence-corrected chi connectivity index (χ0v) is 14.3. The van der Waals surface area contributed by atoms with Gasteiger partial charge >= 0.3 is 0 Å². The molecule has 1 aliphatic rings. The molecule has 3 rings (SSSR count). The Morgan fingerprint density at radius 1 is 1.23 bits per heavy atom. The van der Waals surface area contributed by atoms with Gasteiger partial charge in [0.2, 0.25) is 5.91 Å². The van der Waals surface area contributed by atoms with Crippen molar-refractivity contribution in [1.82, 2.24) is 4.31 Å². The highest BCUT2D eigenvalue weighted by atomic mass is 32.2. The molecule has 0 aromatic heterocycles. The molecule has 2 aromatic rings. The quantitative estimate of drug-likeness (QED) is 0.640. The van der Waals surface area contributed by atoms with Crippen LogP contribution in [0, 0.1) is 17.0 Å². The van der Waals surface area contributed by atoms with E-state index in [0.717, 1.165) is 0 Å². The molecule has 1 aliphatic heterocycles. The minimum absolute atomic E-state index is 0.00581. The Hall–Kier alpha value is -3.27. The molecule has 134 valence electrons. The minimum atomic E-state index is -4.10. The molecule has 1 N–H and O–H groups in total. The number of anilines is 1. The number of hydrogen-bond acceptors (Lipinski definition) is 6. The van der Waals surface area contributed by atoms with Gasteiger partial charge in [-0.2, -0.15) is 0 Å². The maximum Gasteiger partial charge on any atom is 0.274 e. The maximum atomic E-state index is 12.4. The summed E-state index contributed by atoms with van der Waals surface area (Å²) in [6.45, 7) is 0.827. The van der Waals surface area contributed by atoms with Gasteiger partial charge in [0.15, 0.2) is 0 Å². The van der Waals surface area contributed by atoms with Crippen LogP contribution in [-0.2, 0) is 14.8 Å². The Balaban J connectivity index is 1.81. The van der Waals surface area contributed by atoms with Gasteiger partial charge in [0.1, 0.15) is 11.4 Å². The first-order valence-electron chi connectivity index (χ1n) is 7.43. The number of nitro groups is 1. The van der Waals surface area contributed by atoms with E-state index in [0.29, 0.717) is 9.87 Å². The van der Waals surface area contributed by atoms with Gasteiger partial charge in [-0.15, -0.1) is 0 Å². The number of amides is 2. The molecule has 0 saturated carbocycles. The number of nitro benzene ring substituents is 1. The van der Waals surface area contributed by atoms with Gasteiger partial charge in [-0.1, -0.05) is 18.2 Å². The van der Waals surface area contributed by atoms with Crippen molar-refractivity contribution in [3.63, 3.8) is 0 Å². The van der Waals surface area contributed by atoms with Crippen LogP contribution in [0.4, 0.5) is 11.4 Å². The van der Waals surface area contributed by atoms with Crippen LogP contribution in [0.1, 0.15) is 15.9 Å². The summed E-state index contributed by atoms with van der Waals surface area (Å²) in [5, 5.41) is 13.3. The lowest BCUT2D eigenvalue weighted by molar-refractivity contribution is -0.385. The van der Waals surface area contributed by atoms with Gasteiger partial charge in [-0.25, -0.2) is 12.7 Å².